The molecule has 0 bridgehead atoms. The van der Waals surface area contributed by atoms with E-state index in [2.05, 4.69) is 5.32 Å². The van der Waals surface area contributed by atoms with Crippen LogP contribution >= 0.6 is 0 Å². The van der Waals surface area contributed by atoms with Crippen molar-refractivity contribution in [1.82, 2.24) is 9.62 Å². The SMILES string of the molecule is CCNCc1ccccc1S(=O)(=O)N(CC1CC1)C1CC1. The molecule has 2 aliphatic rings. The van der Waals surface area contributed by atoms with Crippen molar-refractivity contribution in [3.05, 3.63) is 29.8 Å². The van der Waals surface area contributed by atoms with E-state index in [1.165, 1.54) is 12.8 Å². The molecule has 21 heavy (non-hydrogen) atoms. The van der Waals surface area contributed by atoms with Gasteiger partial charge in [-0.15, -0.1) is 0 Å². The highest BCUT2D eigenvalue weighted by atomic mass is 32.2. The average molecular weight is 308 g/mol. The summed E-state index contributed by atoms with van der Waals surface area (Å²) in [6, 6.07) is 7.64. The summed E-state index contributed by atoms with van der Waals surface area (Å²) < 4.78 is 27.9. The van der Waals surface area contributed by atoms with Gasteiger partial charge in [-0.05, 0) is 49.8 Å². The highest BCUT2D eigenvalue weighted by Gasteiger charge is 2.41. The lowest BCUT2D eigenvalue weighted by atomic mass is 10.2. The van der Waals surface area contributed by atoms with Crippen LogP contribution in [0.2, 0.25) is 0 Å². The Morgan fingerprint density at radius 2 is 1.90 bits per heavy atom. The van der Waals surface area contributed by atoms with Gasteiger partial charge in [0.2, 0.25) is 10.0 Å². The van der Waals surface area contributed by atoms with E-state index >= 15 is 0 Å². The van der Waals surface area contributed by atoms with Crippen LogP contribution in [0.25, 0.3) is 0 Å². The summed E-state index contributed by atoms with van der Waals surface area (Å²) >= 11 is 0. The van der Waals surface area contributed by atoms with Crippen LogP contribution < -0.4 is 5.32 Å². The van der Waals surface area contributed by atoms with E-state index in [1.54, 1.807) is 10.4 Å². The monoisotopic (exact) mass is 308 g/mol. The Balaban J connectivity index is 1.88. The maximum atomic E-state index is 13.1. The minimum absolute atomic E-state index is 0.239. The molecule has 2 saturated carbocycles. The van der Waals surface area contributed by atoms with Crippen molar-refractivity contribution in [2.45, 2.75) is 50.1 Å². The number of sulfonamides is 1. The zero-order chi connectivity index (χ0) is 14.9. The minimum atomic E-state index is -3.36. The number of nitrogens with zero attached hydrogens (tertiary/aromatic N) is 1. The first kappa shape index (κ1) is 15.0. The zero-order valence-corrected chi connectivity index (χ0v) is 13.4. The van der Waals surface area contributed by atoms with Crippen LogP contribution in [-0.4, -0.2) is 31.9 Å². The molecule has 3 rings (SSSR count). The van der Waals surface area contributed by atoms with Crippen LogP contribution in [0.3, 0.4) is 0 Å². The van der Waals surface area contributed by atoms with Crippen LogP contribution in [-0.2, 0) is 16.6 Å². The summed E-state index contributed by atoms with van der Waals surface area (Å²) in [5.41, 5.74) is 0.876. The summed E-state index contributed by atoms with van der Waals surface area (Å²) in [5.74, 6) is 0.585. The van der Waals surface area contributed by atoms with E-state index in [0.717, 1.165) is 24.9 Å². The van der Waals surface area contributed by atoms with Crippen molar-refractivity contribution in [2.24, 2.45) is 5.92 Å². The van der Waals surface area contributed by atoms with Gasteiger partial charge >= 0.3 is 0 Å². The van der Waals surface area contributed by atoms with E-state index in [0.29, 0.717) is 23.9 Å². The summed E-state index contributed by atoms with van der Waals surface area (Å²) in [6.45, 7) is 4.18. The van der Waals surface area contributed by atoms with Gasteiger partial charge in [-0.1, -0.05) is 25.1 Å². The molecule has 0 saturated heterocycles. The van der Waals surface area contributed by atoms with Crippen LogP contribution in [0.5, 0.6) is 0 Å². The van der Waals surface area contributed by atoms with Gasteiger partial charge in [-0.25, -0.2) is 8.42 Å². The van der Waals surface area contributed by atoms with Crippen molar-refractivity contribution in [3.8, 4) is 0 Å². The highest BCUT2D eigenvalue weighted by molar-refractivity contribution is 7.89. The molecule has 1 aromatic rings. The van der Waals surface area contributed by atoms with E-state index in [-0.39, 0.29) is 6.04 Å². The molecule has 0 unspecified atom stereocenters. The Hall–Kier alpha value is -0.910. The van der Waals surface area contributed by atoms with E-state index < -0.39 is 10.0 Å². The Bertz CT molecular complexity index is 592. The first-order valence-electron chi connectivity index (χ1n) is 7.93. The maximum Gasteiger partial charge on any atom is 0.243 e. The van der Waals surface area contributed by atoms with E-state index in [1.807, 2.05) is 25.1 Å². The van der Waals surface area contributed by atoms with E-state index in [4.69, 9.17) is 0 Å². The van der Waals surface area contributed by atoms with Crippen molar-refractivity contribution in [1.29, 1.82) is 0 Å². The van der Waals surface area contributed by atoms with Crippen molar-refractivity contribution in [3.63, 3.8) is 0 Å². The third-order valence-corrected chi connectivity index (χ3v) is 6.23. The minimum Gasteiger partial charge on any atom is -0.313 e. The Kier molecular flexibility index (Phi) is 4.33. The summed E-state index contributed by atoms with van der Waals surface area (Å²) in [4.78, 5) is 0.485. The Morgan fingerprint density at radius 3 is 2.52 bits per heavy atom. The normalized spacial score (nSPS) is 19.1. The maximum absolute atomic E-state index is 13.1. The lowest BCUT2D eigenvalue weighted by Gasteiger charge is -2.23. The quantitative estimate of drug-likeness (QED) is 0.802. The summed E-state index contributed by atoms with van der Waals surface area (Å²) in [5, 5.41) is 3.23. The molecule has 2 aliphatic carbocycles. The molecule has 0 heterocycles. The molecule has 1 N–H and O–H groups in total. The number of hydrogen-bond donors (Lipinski definition) is 1. The highest BCUT2D eigenvalue weighted by Crippen LogP contribution is 2.38. The predicted molar refractivity (Wildman–Crippen MR) is 83.5 cm³/mol. The lowest BCUT2D eigenvalue weighted by molar-refractivity contribution is 0.388. The lowest BCUT2D eigenvalue weighted by Crippen LogP contribution is -2.35. The third-order valence-electron chi connectivity index (χ3n) is 4.21. The molecule has 0 atom stereocenters. The molecular weight excluding hydrogens is 284 g/mol. The molecule has 116 valence electrons. The van der Waals surface area contributed by atoms with Gasteiger partial charge in [0.25, 0.3) is 0 Å². The van der Waals surface area contributed by atoms with Gasteiger partial charge in [0, 0.05) is 19.1 Å². The van der Waals surface area contributed by atoms with Crippen LogP contribution in [0.15, 0.2) is 29.2 Å². The molecular formula is C16H24N2O2S. The average Bonchev–Trinajstić information content (AvgIpc) is 3.36. The second-order valence-corrected chi connectivity index (χ2v) is 8.00. The molecule has 2 fully saturated rings. The fourth-order valence-corrected chi connectivity index (χ4v) is 4.63. The molecule has 0 aliphatic heterocycles. The molecule has 0 radical (unpaired) electrons. The summed E-state index contributed by atoms with van der Waals surface area (Å²) in [7, 11) is -3.36. The number of nitrogens with one attached hydrogen (secondary N) is 1. The summed E-state index contributed by atoms with van der Waals surface area (Å²) in [6.07, 6.45) is 4.39. The molecule has 5 heteroatoms. The van der Waals surface area contributed by atoms with Crippen LogP contribution in [0.1, 0.15) is 38.2 Å². The molecule has 0 aromatic heterocycles. The van der Waals surface area contributed by atoms with Gasteiger partial charge < -0.3 is 5.32 Å². The molecule has 1 aromatic carbocycles. The van der Waals surface area contributed by atoms with Crippen molar-refractivity contribution < 1.29 is 8.42 Å². The third kappa shape index (κ3) is 3.47. The second kappa shape index (κ2) is 6.07. The zero-order valence-electron chi connectivity index (χ0n) is 12.6. The van der Waals surface area contributed by atoms with Gasteiger partial charge in [-0.2, -0.15) is 4.31 Å². The smallest absolute Gasteiger partial charge is 0.243 e. The van der Waals surface area contributed by atoms with Crippen LogP contribution in [0, 0.1) is 5.92 Å². The molecule has 0 amide bonds. The first-order chi connectivity index (χ1) is 10.1. The van der Waals surface area contributed by atoms with E-state index in [9.17, 15) is 8.42 Å². The predicted octanol–water partition coefficient (Wildman–Crippen LogP) is 2.36. The van der Waals surface area contributed by atoms with Crippen LogP contribution in [0.4, 0.5) is 0 Å². The Labute approximate surface area is 127 Å². The number of hydrogen-bond acceptors (Lipinski definition) is 3. The second-order valence-electron chi connectivity index (χ2n) is 6.14. The molecule has 0 spiro atoms. The number of benzene rings is 1. The fourth-order valence-electron chi connectivity index (χ4n) is 2.65. The largest absolute Gasteiger partial charge is 0.313 e. The van der Waals surface area contributed by atoms with Crippen molar-refractivity contribution in [2.75, 3.05) is 13.1 Å². The Morgan fingerprint density at radius 1 is 1.19 bits per heavy atom. The molecule has 4 nitrogen and oxygen atoms in total. The van der Waals surface area contributed by atoms with Gasteiger partial charge in [0.1, 0.15) is 0 Å². The topological polar surface area (TPSA) is 49.4 Å². The van der Waals surface area contributed by atoms with Crippen molar-refractivity contribution >= 4 is 10.0 Å². The first-order valence-corrected chi connectivity index (χ1v) is 9.37. The van der Waals surface area contributed by atoms with Gasteiger partial charge in [0.15, 0.2) is 0 Å². The number of rotatable bonds is 8. The standard InChI is InChI=1S/C16H24N2O2S/c1-2-17-11-14-5-3-4-6-16(14)21(19,20)18(15-9-10-15)12-13-7-8-13/h3-6,13,15,17H,2,7-12H2,1H3. The van der Waals surface area contributed by atoms with Gasteiger partial charge in [0.05, 0.1) is 4.90 Å². The van der Waals surface area contributed by atoms with Gasteiger partial charge in [-0.3, -0.25) is 0 Å². The fraction of sp³-hybridized carbons (Fsp3) is 0.625.